The lowest BCUT2D eigenvalue weighted by Gasteiger charge is -2.35. The highest BCUT2D eigenvalue weighted by atomic mass is 32.2. The van der Waals surface area contributed by atoms with Crippen LogP contribution < -0.4 is 69.5 Å². The number of primary amides is 1. The maximum Gasteiger partial charge on any atom is 0.303 e. The minimum Gasteiger partial charge on any atom is -0.481 e. The molecule has 0 radical (unpaired) electrons. The summed E-state index contributed by atoms with van der Waals surface area (Å²) in [6, 6.07) is -8.07. The van der Waals surface area contributed by atoms with Gasteiger partial charge in [0.05, 0.1) is 30.6 Å². The van der Waals surface area contributed by atoms with E-state index >= 15 is 4.79 Å². The van der Waals surface area contributed by atoms with E-state index in [2.05, 4.69) is 63.8 Å². The Morgan fingerprint density at radius 2 is 1.12 bits per heavy atom. The van der Waals surface area contributed by atoms with Gasteiger partial charge in [0, 0.05) is 42.4 Å². The van der Waals surface area contributed by atoms with Gasteiger partial charge in [-0.3, -0.25) is 62.3 Å². The second-order valence-corrected chi connectivity index (χ2v) is 33.5. The van der Waals surface area contributed by atoms with E-state index in [4.69, 9.17) is 5.73 Å². The summed E-state index contributed by atoms with van der Waals surface area (Å²) in [5.74, 6) is -10.8. The van der Waals surface area contributed by atoms with Crippen molar-refractivity contribution in [3.63, 3.8) is 0 Å². The van der Waals surface area contributed by atoms with Gasteiger partial charge < -0.3 is 100.0 Å². The van der Waals surface area contributed by atoms with Crippen molar-refractivity contribution >= 4 is 100 Å². The molecule has 4 aliphatic heterocycles. The number of carboxylic acid groups (broad SMARTS) is 1. The lowest BCUT2D eigenvalue weighted by Crippen LogP contribution is -2.62. The molecule has 5 fully saturated rings. The van der Waals surface area contributed by atoms with Crippen molar-refractivity contribution in [3.05, 3.63) is 35.4 Å². The second-order valence-electron chi connectivity index (χ2n) is 31.3. The van der Waals surface area contributed by atoms with Gasteiger partial charge in [-0.05, 0) is 183 Å². The lowest BCUT2D eigenvalue weighted by atomic mass is 9.82. The number of thioether (sulfide) groups is 2. The molecule has 19 N–H and O–H groups in total. The third kappa shape index (κ3) is 26.8. The zero-order chi connectivity index (χ0) is 79.1. The summed E-state index contributed by atoms with van der Waals surface area (Å²) < 4.78 is 0. The Morgan fingerprint density at radius 3 is 1.70 bits per heavy atom. The molecule has 0 spiro atoms. The summed E-state index contributed by atoms with van der Waals surface area (Å²) in [4.78, 5) is 186. The van der Waals surface area contributed by atoms with Gasteiger partial charge in [-0.15, -0.1) is 0 Å². The second kappa shape index (κ2) is 42.3. The van der Waals surface area contributed by atoms with E-state index in [0.717, 1.165) is 30.5 Å². The molecule has 16 atom stereocenters. The van der Waals surface area contributed by atoms with Crippen LogP contribution in [0.4, 0.5) is 0 Å². The van der Waals surface area contributed by atoms with E-state index in [-0.39, 0.29) is 80.7 Å². The van der Waals surface area contributed by atoms with Gasteiger partial charge in [0.25, 0.3) is 0 Å². The molecule has 2 aliphatic carbocycles. The summed E-state index contributed by atoms with van der Waals surface area (Å²) >= 11 is 2.71. The maximum absolute atomic E-state index is 15.1. The molecule has 2 saturated carbocycles. The summed E-state index contributed by atoms with van der Waals surface area (Å²) in [6.45, 7) is 12.2. The number of aliphatic hydroxyl groups excluding tert-OH is 4. The van der Waals surface area contributed by atoms with Crippen LogP contribution in [0.5, 0.6) is 0 Å². The fourth-order valence-corrected chi connectivity index (χ4v) is 17.1. The maximum atomic E-state index is 15.1. The van der Waals surface area contributed by atoms with Crippen molar-refractivity contribution < 1.29 is 87.9 Å². The highest BCUT2D eigenvalue weighted by Gasteiger charge is 2.46. The van der Waals surface area contributed by atoms with Crippen LogP contribution in [-0.4, -0.2) is 235 Å². The van der Waals surface area contributed by atoms with Crippen molar-refractivity contribution in [2.75, 3.05) is 31.1 Å². The van der Waals surface area contributed by atoms with Gasteiger partial charge in [0.2, 0.25) is 70.9 Å². The van der Waals surface area contributed by atoms with Crippen molar-refractivity contribution in [2.45, 2.75) is 285 Å². The number of piperidine rings is 1. The number of nitrogens with zero attached hydrogens (tertiary/aromatic N) is 1. The largest absolute Gasteiger partial charge is 0.481 e. The molecule has 12 amide bonds. The number of carbonyl (C=O) groups excluding carboxylic acids is 12. The van der Waals surface area contributed by atoms with E-state index < -0.39 is 186 Å². The van der Waals surface area contributed by atoms with Crippen LogP contribution in [0.3, 0.4) is 0 Å². The molecule has 604 valence electrons. The normalized spacial score (nSPS) is 32.6. The van der Waals surface area contributed by atoms with Crippen LogP contribution in [0.2, 0.25) is 0 Å². The number of carboxylic acids is 1. The molecule has 3 saturated heterocycles. The van der Waals surface area contributed by atoms with Gasteiger partial charge in [-0.2, -0.15) is 23.5 Å². The number of hydrogen-bond donors (Lipinski definition) is 18. The number of hydrogen-bond acceptors (Lipinski definition) is 21. The van der Waals surface area contributed by atoms with E-state index in [1.165, 1.54) is 49.2 Å². The Kier molecular flexibility index (Phi) is 34.4. The first kappa shape index (κ1) is 88.0. The SMILES string of the molecule is CCC[C@@H]1NC(=O)[C@H](CC2CNC3NCCCC23)NC(=O)[C@H]([C@@H](C)O)NC(=O)[C@@H]2CCCN2C(=O)[C@H](CC2CCC(O)CC2)NC(=O)[C@H](C(C)(C)C)NC(=O)CCSCc2cccc(c2)CSC[C@@H](C(N)=O)NC(=O)[C@H]([C@@H](C)O)NC(=O)[C@H](CCC(=O)O)NC(=O)[C@H](CC2CCC(O)CC2)NC(=O)[C@H](C)NC1=O. The van der Waals surface area contributed by atoms with E-state index in [9.17, 15) is 83.1 Å². The molecule has 108 heavy (non-hydrogen) atoms. The molecule has 3 unspecified atom stereocenters. The Hall–Kier alpha value is -7.21. The number of rotatable bonds is 14. The Labute approximate surface area is 640 Å². The first-order chi connectivity index (χ1) is 51.2. The van der Waals surface area contributed by atoms with Crippen LogP contribution in [0.1, 0.15) is 188 Å². The highest BCUT2D eigenvalue weighted by Crippen LogP contribution is 2.34. The molecule has 1 aromatic rings. The standard InChI is InChI=1S/C74H118N14O18S2/c1-8-12-50-65(98)78-39(2)64(97)81-52(32-42-17-21-47(91)22-18-42)67(100)80-51(25-26-58(94)95)66(99)86-59(40(3)89)71(104)84-55(62(75)96)38-108-37-45-14-9-13-44(31-45)36-107-30-27-57(93)85-61(74(5,6)7)72(105)83-54(33-43-19-23-48(92)24-20-43)73(106)88-29-11-16-56(88)69(102)87-60(41(4)90)70(103)82-53(68(101)79-50)34-46-35-77-63-49(46)15-10-28-76-63/h9,13-14,31,39-43,46-56,59-61,63,76-77,89-92H,8,10-12,15-30,32-38H2,1-7H3,(H2,75,96)(H,78,98)(H,79,101)(H,80,100)(H,81,97)(H,82,103)(H,83,105)(H,84,104)(H,85,93)(H,86,99)(H,87,102)(H,94,95)/t39-,40+,41+,42?,43?,46?,47?,48?,49?,50-,51-,52-,53-,54-,55-,56-,59-,60-,61+,63?/m0/s1. The molecule has 7 rings (SSSR count). The fraction of sp³-hybridized carbons (Fsp3) is 0.743. The predicted molar refractivity (Wildman–Crippen MR) is 403 cm³/mol. The summed E-state index contributed by atoms with van der Waals surface area (Å²) in [6.07, 6.45) is 0.690. The van der Waals surface area contributed by atoms with Crippen molar-refractivity contribution in [3.8, 4) is 0 Å². The molecule has 1 aromatic carbocycles. The van der Waals surface area contributed by atoms with Gasteiger partial charge in [0.15, 0.2) is 0 Å². The summed E-state index contributed by atoms with van der Waals surface area (Å²) in [5.41, 5.74) is 6.64. The fourth-order valence-electron chi connectivity index (χ4n) is 15.2. The quantitative estimate of drug-likeness (QED) is 0.108. The predicted octanol–water partition coefficient (Wildman–Crippen LogP) is -0.809. The minimum atomic E-state index is -1.78. The van der Waals surface area contributed by atoms with Gasteiger partial charge >= 0.3 is 5.97 Å². The topological polar surface area (TPSA) is 497 Å². The molecule has 4 heterocycles. The highest BCUT2D eigenvalue weighted by molar-refractivity contribution is 7.98. The third-order valence-corrected chi connectivity index (χ3v) is 23.6. The Balaban J connectivity index is 1.19. The number of amides is 12. The molecule has 2 bridgehead atoms. The van der Waals surface area contributed by atoms with Crippen LogP contribution in [-0.2, 0) is 73.8 Å². The Morgan fingerprint density at radius 1 is 0.593 bits per heavy atom. The number of aliphatic carboxylic acids is 1. The van der Waals surface area contributed by atoms with E-state index in [1.54, 1.807) is 27.7 Å². The third-order valence-electron chi connectivity index (χ3n) is 21.5. The average molecular weight is 1560 g/mol. The van der Waals surface area contributed by atoms with Crippen molar-refractivity contribution in [2.24, 2.45) is 34.8 Å². The van der Waals surface area contributed by atoms with E-state index in [1.807, 2.05) is 24.3 Å². The van der Waals surface area contributed by atoms with Crippen molar-refractivity contribution in [1.82, 2.24) is 68.7 Å². The van der Waals surface area contributed by atoms with Crippen LogP contribution in [0, 0.1) is 29.1 Å². The van der Waals surface area contributed by atoms with Gasteiger partial charge in [-0.1, -0.05) is 58.4 Å². The number of benzene rings is 1. The average Bonchev–Trinajstić information content (AvgIpc) is 1.61. The zero-order valence-corrected chi connectivity index (χ0v) is 65.0. The first-order valence-corrected chi connectivity index (χ1v) is 40.8. The Bertz CT molecular complexity index is 3280. The number of carbonyl (C=O) groups is 13. The van der Waals surface area contributed by atoms with Crippen LogP contribution in [0.15, 0.2) is 24.3 Å². The molecular weight excluding hydrogens is 1440 g/mol. The van der Waals surface area contributed by atoms with Gasteiger partial charge in [0.1, 0.15) is 66.5 Å². The molecule has 0 aromatic heterocycles. The number of nitrogens with one attached hydrogen (secondary N) is 12. The monoisotopic (exact) mass is 1550 g/mol. The lowest BCUT2D eigenvalue weighted by molar-refractivity contribution is -0.144. The summed E-state index contributed by atoms with van der Waals surface area (Å²) in [7, 11) is 0. The number of nitrogens with two attached hydrogens (primary N) is 1. The number of fused-ring (bicyclic) bond motifs is 4. The van der Waals surface area contributed by atoms with E-state index in [0.29, 0.717) is 88.0 Å². The first-order valence-electron chi connectivity index (χ1n) is 38.5. The smallest absolute Gasteiger partial charge is 0.303 e. The zero-order valence-electron chi connectivity index (χ0n) is 63.3. The van der Waals surface area contributed by atoms with Crippen LogP contribution >= 0.6 is 23.5 Å². The molecular formula is C74H118N14O18S2. The van der Waals surface area contributed by atoms with Crippen molar-refractivity contribution in [1.29, 1.82) is 0 Å². The molecule has 32 nitrogen and oxygen atoms in total. The summed E-state index contributed by atoms with van der Waals surface area (Å²) in [5, 5.41) is 86.7. The molecule has 34 heteroatoms. The molecule has 6 aliphatic rings. The van der Waals surface area contributed by atoms with Crippen LogP contribution in [0.25, 0.3) is 0 Å². The number of aliphatic hydroxyl groups is 4. The van der Waals surface area contributed by atoms with Gasteiger partial charge in [-0.25, -0.2) is 0 Å². The minimum absolute atomic E-state index is 0.0156.